The first kappa shape index (κ1) is 18.9. The number of aromatic hydroxyl groups is 1. The minimum Gasteiger partial charge on any atom is -0.506 e. The Morgan fingerprint density at radius 1 is 0.880 bits per heavy atom. The molecule has 0 aliphatic carbocycles. The molecule has 132 valence electrons. The molecule has 0 fully saturated rings. The summed E-state index contributed by atoms with van der Waals surface area (Å²) in [5.41, 5.74) is -2.00. The van der Waals surface area contributed by atoms with Gasteiger partial charge in [-0.2, -0.15) is 13.2 Å². The standard InChI is InChI=1S/C15H9Cl2F3N2O3/c16-7-1-3-10(9(5-7)15(18,19)20)21-13(24)14(25)22-11-6-8(17)2-4-12(11)23/h1-6,23H,(H,21,24)(H,22,25). The molecule has 2 aromatic rings. The van der Waals surface area contributed by atoms with Gasteiger partial charge in [0.05, 0.1) is 16.9 Å². The molecule has 2 aromatic carbocycles. The van der Waals surface area contributed by atoms with Crippen LogP contribution < -0.4 is 10.6 Å². The molecule has 0 aliphatic heterocycles. The number of carbonyl (C=O) groups is 2. The zero-order chi connectivity index (χ0) is 18.8. The lowest BCUT2D eigenvalue weighted by atomic mass is 10.1. The lowest BCUT2D eigenvalue weighted by Gasteiger charge is -2.14. The van der Waals surface area contributed by atoms with Crippen molar-refractivity contribution in [2.75, 3.05) is 10.6 Å². The Morgan fingerprint density at radius 2 is 1.40 bits per heavy atom. The van der Waals surface area contributed by atoms with Crippen LogP contribution in [0.3, 0.4) is 0 Å². The number of alkyl halides is 3. The van der Waals surface area contributed by atoms with Crippen molar-refractivity contribution in [1.82, 2.24) is 0 Å². The van der Waals surface area contributed by atoms with Gasteiger partial charge in [-0.3, -0.25) is 9.59 Å². The Kier molecular flexibility index (Phi) is 5.44. The molecule has 25 heavy (non-hydrogen) atoms. The average molecular weight is 393 g/mol. The predicted molar refractivity (Wildman–Crippen MR) is 86.8 cm³/mol. The molecule has 2 rings (SSSR count). The molecule has 0 heterocycles. The Hall–Kier alpha value is -2.45. The summed E-state index contributed by atoms with van der Waals surface area (Å²) in [5.74, 6) is -3.03. The van der Waals surface area contributed by atoms with Crippen LogP contribution in [0.2, 0.25) is 10.0 Å². The van der Waals surface area contributed by atoms with Crippen LogP contribution in [0.1, 0.15) is 5.56 Å². The fraction of sp³-hybridized carbons (Fsp3) is 0.0667. The number of benzene rings is 2. The van der Waals surface area contributed by atoms with E-state index in [1.807, 2.05) is 10.6 Å². The van der Waals surface area contributed by atoms with E-state index in [0.29, 0.717) is 6.07 Å². The summed E-state index contributed by atoms with van der Waals surface area (Å²) in [6.45, 7) is 0. The maximum atomic E-state index is 13.0. The fourth-order valence-corrected chi connectivity index (χ4v) is 2.17. The minimum atomic E-state index is -4.78. The quantitative estimate of drug-likeness (QED) is 0.526. The third kappa shape index (κ3) is 4.77. The summed E-state index contributed by atoms with van der Waals surface area (Å²) in [5, 5.41) is 13.5. The van der Waals surface area contributed by atoms with Gasteiger partial charge >= 0.3 is 18.0 Å². The molecule has 3 N–H and O–H groups in total. The first-order valence-corrected chi connectivity index (χ1v) is 7.31. The number of hydrogen-bond acceptors (Lipinski definition) is 3. The molecular formula is C15H9Cl2F3N2O3. The summed E-state index contributed by atoms with van der Waals surface area (Å²) < 4.78 is 38.9. The first-order chi connectivity index (χ1) is 11.6. The van der Waals surface area contributed by atoms with Crippen molar-refractivity contribution in [2.45, 2.75) is 6.18 Å². The Morgan fingerprint density at radius 3 is 2.00 bits per heavy atom. The number of amides is 2. The van der Waals surface area contributed by atoms with Crippen molar-refractivity contribution >= 4 is 46.4 Å². The van der Waals surface area contributed by atoms with E-state index in [4.69, 9.17) is 23.2 Å². The Labute approximate surface area is 149 Å². The van der Waals surface area contributed by atoms with Crippen LogP contribution in [0.25, 0.3) is 0 Å². The molecular weight excluding hydrogens is 384 g/mol. The van der Waals surface area contributed by atoms with Gasteiger partial charge in [-0.15, -0.1) is 0 Å². The van der Waals surface area contributed by atoms with Gasteiger partial charge in [-0.1, -0.05) is 23.2 Å². The van der Waals surface area contributed by atoms with E-state index in [2.05, 4.69) is 0 Å². The van der Waals surface area contributed by atoms with E-state index in [1.165, 1.54) is 18.2 Å². The summed E-state index contributed by atoms with van der Waals surface area (Å²) in [7, 11) is 0. The predicted octanol–water partition coefficient (Wildman–Crippen LogP) is 4.30. The van der Waals surface area contributed by atoms with E-state index >= 15 is 0 Å². The second-order valence-electron chi connectivity index (χ2n) is 4.76. The van der Waals surface area contributed by atoms with Gasteiger partial charge < -0.3 is 15.7 Å². The maximum absolute atomic E-state index is 13.0. The lowest BCUT2D eigenvalue weighted by molar-refractivity contribution is -0.137. The van der Waals surface area contributed by atoms with Crippen LogP contribution in [0.5, 0.6) is 5.75 Å². The lowest BCUT2D eigenvalue weighted by Crippen LogP contribution is -2.30. The van der Waals surface area contributed by atoms with Crippen molar-refractivity contribution < 1.29 is 27.9 Å². The average Bonchev–Trinajstić information content (AvgIpc) is 2.51. The maximum Gasteiger partial charge on any atom is 0.418 e. The number of phenols is 1. The van der Waals surface area contributed by atoms with E-state index in [1.54, 1.807) is 0 Å². The Balaban J connectivity index is 2.20. The zero-order valence-corrected chi connectivity index (χ0v) is 13.6. The van der Waals surface area contributed by atoms with Crippen molar-refractivity contribution in [1.29, 1.82) is 0 Å². The molecule has 0 saturated carbocycles. The van der Waals surface area contributed by atoms with E-state index in [9.17, 15) is 27.9 Å². The summed E-state index contributed by atoms with van der Waals surface area (Å²) in [4.78, 5) is 23.7. The number of anilines is 2. The first-order valence-electron chi connectivity index (χ1n) is 6.55. The fourth-order valence-electron chi connectivity index (χ4n) is 1.83. The van der Waals surface area contributed by atoms with Crippen LogP contribution >= 0.6 is 23.2 Å². The highest BCUT2D eigenvalue weighted by molar-refractivity contribution is 6.44. The number of rotatable bonds is 2. The topological polar surface area (TPSA) is 78.4 Å². The van der Waals surface area contributed by atoms with Gasteiger partial charge in [0.25, 0.3) is 0 Å². The SMILES string of the molecule is O=C(Nc1cc(Cl)ccc1O)C(=O)Nc1ccc(Cl)cc1C(F)(F)F. The normalized spacial score (nSPS) is 11.1. The van der Waals surface area contributed by atoms with Gasteiger partial charge in [0, 0.05) is 10.0 Å². The smallest absolute Gasteiger partial charge is 0.418 e. The van der Waals surface area contributed by atoms with Gasteiger partial charge in [0.2, 0.25) is 0 Å². The molecule has 10 heteroatoms. The van der Waals surface area contributed by atoms with Crippen molar-refractivity contribution in [3.05, 3.63) is 52.0 Å². The second kappa shape index (κ2) is 7.20. The van der Waals surface area contributed by atoms with E-state index in [-0.39, 0.29) is 21.5 Å². The van der Waals surface area contributed by atoms with Gasteiger partial charge in [-0.25, -0.2) is 0 Å². The molecule has 2 amide bonds. The number of halogens is 5. The van der Waals surface area contributed by atoms with Crippen LogP contribution in [-0.4, -0.2) is 16.9 Å². The van der Waals surface area contributed by atoms with Crippen molar-refractivity contribution in [3.63, 3.8) is 0 Å². The van der Waals surface area contributed by atoms with E-state index in [0.717, 1.165) is 12.1 Å². The van der Waals surface area contributed by atoms with Crippen LogP contribution in [0.4, 0.5) is 24.5 Å². The molecule has 0 atom stereocenters. The highest BCUT2D eigenvalue weighted by Gasteiger charge is 2.34. The summed E-state index contributed by atoms with van der Waals surface area (Å²) in [6.07, 6.45) is -4.78. The molecule has 0 aliphatic rings. The zero-order valence-electron chi connectivity index (χ0n) is 12.1. The number of hydrogen-bond donors (Lipinski definition) is 3. The van der Waals surface area contributed by atoms with Gasteiger partial charge in [-0.05, 0) is 36.4 Å². The molecule has 0 unspecified atom stereocenters. The molecule has 0 bridgehead atoms. The summed E-state index contributed by atoms with van der Waals surface area (Å²) in [6, 6.07) is 6.37. The minimum absolute atomic E-state index is 0.167. The van der Waals surface area contributed by atoms with Crippen LogP contribution in [0, 0.1) is 0 Å². The van der Waals surface area contributed by atoms with Gasteiger partial charge in [0.1, 0.15) is 5.75 Å². The third-order valence-corrected chi connectivity index (χ3v) is 3.42. The monoisotopic (exact) mass is 392 g/mol. The van der Waals surface area contributed by atoms with Crippen molar-refractivity contribution in [3.8, 4) is 5.75 Å². The second-order valence-corrected chi connectivity index (χ2v) is 5.63. The highest BCUT2D eigenvalue weighted by atomic mass is 35.5. The molecule has 0 aromatic heterocycles. The number of carbonyl (C=O) groups excluding carboxylic acids is 2. The molecule has 5 nitrogen and oxygen atoms in total. The Bertz CT molecular complexity index is 841. The molecule has 0 saturated heterocycles. The third-order valence-electron chi connectivity index (χ3n) is 2.95. The van der Waals surface area contributed by atoms with Crippen molar-refractivity contribution in [2.24, 2.45) is 0 Å². The van der Waals surface area contributed by atoms with Crippen LogP contribution in [0.15, 0.2) is 36.4 Å². The molecule has 0 radical (unpaired) electrons. The molecule has 0 spiro atoms. The number of nitrogens with one attached hydrogen (secondary N) is 2. The summed E-state index contributed by atoms with van der Waals surface area (Å²) >= 11 is 11.2. The van der Waals surface area contributed by atoms with Gasteiger partial charge in [0.15, 0.2) is 0 Å². The number of phenolic OH excluding ortho intramolecular Hbond substituents is 1. The van der Waals surface area contributed by atoms with E-state index < -0.39 is 29.2 Å². The van der Waals surface area contributed by atoms with Crippen LogP contribution in [-0.2, 0) is 15.8 Å². The largest absolute Gasteiger partial charge is 0.506 e. The highest BCUT2D eigenvalue weighted by Crippen LogP contribution is 2.36.